The lowest BCUT2D eigenvalue weighted by Crippen LogP contribution is -2.32. The number of carbonyl (C=O) groups excluding carboxylic acids is 2. The Kier molecular flexibility index (Phi) is 6.34. The molecule has 6 heteroatoms. The normalized spacial score (nSPS) is 24.9. The van der Waals surface area contributed by atoms with Crippen molar-refractivity contribution in [2.24, 2.45) is 23.5 Å². The maximum Gasteiger partial charge on any atom is 0.249 e. The van der Waals surface area contributed by atoms with Crippen LogP contribution in [-0.2, 0) is 11.3 Å². The topological polar surface area (TPSA) is 111 Å². The van der Waals surface area contributed by atoms with Crippen molar-refractivity contribution < 1.29 is 9.59 Å². The zero-order valence-electron chi connectivity index (χ0n) is 16.2. The highest BCUT2D eigenvalue weighted by Gasteiger charge is 2.34. The van der Waals surface area contributed by atoms with E-state index in [1.54, 1.807) is 13.3 Å². The van der Waals surface area contributed by atoms with Gasteiger partial charge in [-0.3, -0.25) is 9.59 Å². The summed E-state index contributed by atoms with van der Waals surface area (Å²) in [5.74, 6) is 1.89. The number of pyridine rings is 1. The second kappa shape index (κ2) is 8.72. The van der Waals surface area contributed by atoms with Crippen LogP contribution in [0.4, 0.5) is 5.82 Å². The average molecular weight is 372 g/mol. The summed E-state index contributed by atoms with van der Waals surface area (Å²) in [5, 5.41) is 2.88. The van der Waals surface area contributed by atoms with E-state index in [1.807, 2.05) is 0 Å². The van der Waals surface area contributed by atoms with E-state index in [4.69, 9.17) is 11.5 Å². The molecule has 2 amide bonds. The molecule has 147 valence electrons. The van der Waals surface area contributed by atoms with Gasteiger partial charge in [-0.25, -0.2) is 4.98 Å². The number of rotatable bonds is 6. The molecular weight excluding hydrogens is 340 g/mol. The molecule has 2 aliphatic carbocycles. The van der Waals surface area contributed by atoms with Crippen LogP contribution in [0, 0.1) is 31.1 Å². The lowest BCUT2D eigenvalue weighted by atomic mass is 9.64. The Morgan fingerprint density at radius 1 is 1.22 bits per heavy atom. The van der Waals surface area contributed by atoms with Crippen LogP contribution in [0.15, 0.2) is 6.07 Å². The number of amides is 2. The van der Waals surface area contributed by atoms with E-state index in [9.17, 15) is 9.59 Å². The minimum Gasteiger partial charge on any atom is -0.384 e. The van der Waals surface area contributed by atoms with Crippen molar-refractivity contribution in [1.29, 1.82) is 0 Å². The summed E-state index contributed by atoms with van der Waals surface area (Å²) in [4.78, 5) is 28.2. The number of hydrogen-bond donors (Lipinski definition) is 3. The van der Waals surface area contributed by atoms with Gasteiger partial charge in [-0.15, -0.1) is 0 Å². The van der Waals surface area contributed by atoms with Gasteiger partial charge in [-0.2, -0.15) is 0 Å². The second-order valence-electron chi connectivity index (χ2n) is 8.08. The van der Waals surface area contributed by atoms with Crippen molar-refractivity contribution >= 4 is 17.6 Å². The third kappa shape index (κ3) is 4.79. The van der Waals surface area contributed by atoms with Crippen molar-refractivity contribution in [2.75, 3.05) is 5.73 Å². The first-order chi connectivity index (χ1) is 13.0. The minimum absolute atomic E-state index is 0.0976. The Labute approximate surface area is 161 Å². The van der Waals surface area contributed by atoms with Gasteiger partial charge >= 0.3 is 0 Å². The number of primary amides is 1. The predicted octanol–water partition coefficient (Wildman–Crippen LogP) is 2.89. The molecule has 0 saturated heterocycles. The lowest BCUT2D eigenvalue weighted by molar-refractivity contribution is -0.118. The molecule has 0 aromatic carbocycles. The summed E-state index contributed by atoms with van der Waals surface area (Å²) >= 11 is 0. The molecule has 2 unspecified atom stereocenters. The maximum atomic E-state index is 12.4. The van der Waals surface area contributed by atoms with E-state index in [2.05, 4.69) is 10.3 Å². The molecule has 1 aromatic heterocycles. The van der Waals surface area contributed by atoms with Gasteiger partial charge in [0, 0.05) is 29.8 Å². The Bertz CT molecular complexity index is 702. The van der Waals surface area contributed by atoms with Gasteiger partial charge in [0.1, 0.15) is 5.82 Å². The summed E-state index contributed by atoms with van der Waals surface area (Å²) in [6.07, 6.45) is 11.9. The van der Waals surface area contributed by atoms with Gasteiger partial charge in [0.05, 0.1) is 0 Å². The SMILES string of the molecule is Cc1nc(N)cc(C(N)=O)c1CNC(=O)[CH]CC1CCCC2CCCC[C@@H]12. The van der Waals surface area contributed by atoms with Crippen molar-refractivity contribution in [3.63, 3.8) is 0 Å². The van der Waals surface area contributed by atoms with Crippen molar-refractivity contribution in [3.05, 3.63) is 29.3 Å². The first-order valence-electron chi connectivity index (χ1n) is 10.1. The highest BCUT2D eigenvalue weighted by molar-refractivity contribution is 5.95. The molecular formula is C21H31N4O2. The van der Waals surface area contributed by atoms with Gasteiger partial charge < -0.3 is 16.8 Å². The van der Waals surface area contributed by atoms with Crippen LogP contribution in [0.2, 0.25) is 0 Å². The number of fused-ring (bicyclic) bond motifs is 1. The van der Waals surface area contributed by atoms with Crippen LogP contribution in [0.25, 0.3) is 0 Å². The third-order valence-electron chi connectivity index (χ3n) is 6.38. The molecule has 2 fully saturated rings. The van der Waals surface area contributed by atoms with Gasteiger partial charge in [-0.1, -0.05) is 38.5 Å². The lowest BCUT2D eigenvalue weighted by Gasteiger charge is -2.41. The molecule has 3 rings (SSSR count). The fraction of sp³-hybridized carbons (Fsp3) is 0.619. The zero-order valence-corrected chi connectivity index (χ0v) is 16.2. The summed E-state index contributed by atoms with van der Waals surface area (Å²) in [5.41, 5.74) is 12.7. The summed E-state index contributed by atoms with van der Waals surface area (Å²) in [6, 6.07) is 1.46. The van der Waals surface area contributed by atoms with Crippen molar-refractivity contribution in [3.8, 4) is 0 Å². The standard InChI is InChI=1S/C21H31N4O2/c1-13-18(17(21(23)27)11-19(22)25-13)12-24-20(26)10-9-15-7-4-6-14-5-2-3-8-16(14)15/h10-11,14-16H,2-9,12H2,1H3,(H2,22,25)(H2,23,27)(H,24,26)/t14?,15?,16-/m1/s1. The number of nitrogens with one attached hydrogen (secondary N) is 1. The first kappa shape index (κ1) is 19.6. The Morgan fingerprint density at radius 3 is 2.74 bits per heavy atom. The quantitative estimate of drug-likeness (QED) is 0.714. The molecule has 6 nitrogen and oxygen atoms in total. The molecule has 2 saturated carbocycles. The molecule has 0 aliphatic heterocycles. The largest absolute Gasteiger partial charge is 0.384 e. The van der Waals surface area contributed by atoms with Crippen LogP contribution < -0.4 is 16.8 Å². The second-order valence-corrected chi connectivity index (χ2v) is 8.08. The van der Waals surface area contributed by atoms with Gasteiger partial charge in [0.2, 0.25) is 11.8 Å². The number of nitrogen functional groups attached to an aromatic ring is 1. The van der Waals surface area contributed by atoms with E-state index in [0.717, 1.165) is 18.3 Å². The average Bonchev–Trinajstić information content (AvgIpc) is 2.65. The molecule has 1 heterocycles. The Balaban J connectivity index is 1.54. The molecule has 1 radical (unpaired) electrons. The number of aryl methyl sites for hydroxylation is 1. The van der Waals surface area contributed by atoms with E-state index in [0.29, 0.717) is 22.7 Å². The van der Waals surface area contributed by atoms with E-state index < -0.39 is 5.91 Å². The summed E-state index contributed by atoms with van der Waals surface area (Å²) in [7, 11) is 0. The summed E-state index contributed by atoms with van der Waals surface area (Å²) < 4.78 is 0. The first-order valence-corrected chi connectivity index (χ1v) is 10.1. The van der Waals surface area contributed by atoms with Crippen LogP contribution in [0.5, 0.6) is 0 Å². The number of nitrogens with two attached hydrogens (primary N) is 2. The molecule has 1 aromatic rings. The Hall–Kier alpha value is -2.11. The van der Waals surface area contributed by atoms with Crippen LogP contribution in [-0.4, -0.2) is 16.8 Å². The van der Waals surface area contributed by atoms with E-state index in [1.165, 1.54) is 51.0 Å². The molecule has 0 bridgehead atoms. The number of hydrogen-bond acceptors (Lipinski definition) is 4. The van der Waals surface area contributed by atoms with E-state index in [-0.39, 0.29) is 18.3 Å². The van der Waals surface area contributed by atoms with Gasteiger partial charge in [-0.05, 0) is 43.6 Å². The van der Waals surface area contributed by atoms with Crippen molar-refractivity contribution in [2.45, 2.75) is 64.8 Å². The maximum absolute atomic E-state index is 12.4. The highest BCUT2D eigenvalue weighted by atomic mass is 16.2. The Morgan fingerprint density at radius 2 is 1.96 bits per heavy atom. The molecule has 5 N–H and O–H groups in total. The number of nitrogens with zero attached hydrogens (tertiary/aromatic N) is 1. The predicted molar refractivity (Wildman–Crippen MR) is 105 cm³/mol. The smallest absolute Gasteiger partial charge is 0.249 e. The van der Waals surface area contributed by atoms with Gasteiger partial charge in [0.25, 0.3) is 0 Å². The number of aromatic nitrogens is 1. The number of carbonyl (C=O) groups is 2. The van der Waals surface area contributed by atoms with Crippen LogP contribution >= 0.6 is 0 Å². The zero-order chi connectivity index (χ0) is 19.4. The molecule has 27 heavy (non-hydrogen) atoms. The van der Waals surface area contributed by atoms with Crippen LogP contribution in [0.1, 0.15) is 73.0 Å². The van der Waals surface area contributed by atoms with Crippen LogP contribution in [0.3, 0.4) is 0 Å². The number of anilines is 1. The summed E-state index contributed by atoms with van der Waals surface area (Å²) in [6.45, 7) is 1.99. The van der Waals surface area contributed by atoms with Crippen molar-refractivity contribution in [1.82, 2.24) is 10.3 Å². The van der Waals surface area contributed by atoms with Gasteiger partial charge in [0.15, 0.2) is 0 Å². The molecule has 2 aliphatic rings. The molecule has 0 spiro atoms. The third-order valence-corrected chi connectivity index (χ3v) is 6.38. The fourth-order valence-corrected chi connectivity index (χ4v) is 5.04. The molecule has 3 atom stereocenters. The minimum atomic E-state index is -0.564. The van der Waals surface area contributed by atoms with E-state index >= 15 is 0 Å². The monoisotopic (exact) mass is 371 g/mol. The fourth-order valence-electron chi connectivity index (χ4n) is 5.04. The highest BCUT2D eigenvalue weighted by Crippen LogP contribution is 2.45.